The van der Waals surface area contributed by atoms with Gasteiger partial charge in [0.25, 0.3) is 0 Å². The fraction of sp³-hybridized carbons (Fsp3) is 0.562. The minimum absolute atomic E-state index is 0.395. The smallest absolute Gasteiger partial charge is 0.407 e. The van der Waals surface area contributed by atoms with E-state index in [1.54, 1.807) is 0 Å². The van der Waals surface area contributed by atoms with Gasteiger partial charge >= 0.3 is 6.09 Å². The van der Waals surface area contributed by atoms with Gasteiger partial charge in [0.2, 0.25) is 0 Å². The van der Waals surface area contributed by atoms with Crippen molar-refractivity contribution in [1.29, 1.82) is 0 Å². The average Bonchev–Trinajstić information content (AvgIpc) is 2.40. The van der Waals surface area contributed by atoms with Crippen LogP contribution in [0.1, 0.15) is 38.3 Å². The van der Waals surface area contributed by atoms with Gasteiger partial charge in [-0.05, 0) is 51.4 Å². The highest BCUT2D eigenvalue weighted by Crippen LogP contribution is 2.10. The number of hydrogen-bond acceptors (Lipinski definition) is 4. The molecule has 0 saturated heterocycles. The van der Waals surface area contributed by atoms with Crippen LogP contribution in [0.2, 0.25) is 0 Å². The first kappa shape index (κ1) is 17.5. The quantitative estimate of drug-likeness (QED) is 0.673. The number of carbonyl (C=O) groups is 1. The Hall–Kier alpha value is -1.59. The maximum Gasteiger partial charge on any atom is 0.407 e. The Balaban J connectivity index is 2.49. The van der Waals surface area contributed by atoms with Crippen LogP contribution in [-0.2, 0) is 17.8 Å². The third-order valence-electron chi connectivity index (χ3n) is 2.81. The maximum absolute atomic E-state index is 11.7. The average molecular weight is 293 g/mol. The monoisotopic (exact) mass is 293 g/mol. The summed E-state index contributed by atoms with van der Waals surface area (Å²) in [4.78, 5) is 11.7. The Morgan fingerprint density at radius 2 is 1.81 bits per heavy atom. The van der Waals surface area contributed by atoms with Crippen LogP contribution >= 0.6 is 0 Å². The molecule has 0 aliphatic heterocycles. The Labute approximate surface area is 127 Å². The molecule has 1 aromatic carbocycles. The van der Waals surface area contributed by atoms with Crippen molar-refractivity contribution in [2.45, 2.75) is 45.9 Å². The van der Waals surface area contributed by atoms with Crippen LogP contribution < -0.4 is 16.4 Å². The summed E-state index contributed by atoms with van der Waals surface area (Å²) in [6, 6.07) is 8.03. The van der Waals surface area contributed by atoms with Gasteiger partial charge in [0, 0.05) is 13.1 Å². The van der Waals surface area contributed by atoms with Gasteiger partial charge in [-0.15, -0.1) is 0 Å². The number of amides is 1. The Morgan fingerprint density at radius 1 is 1.19 bits per heavy atom. The van der Waals surface area contributed by atoms with E-state index in [1.807, 2.05) is 39.0 Å². The van der Waals surface area contributed by atoms with E-state index in [2.05, 4.69) is 16.7 Å². The first-order valence-electron chi connectivity index (χ1n) is 7.37. The van der Waals surface area contributed by atoms with Gasteiger partial charge in [0.05, 0.1) is 0 Å². The van der Waals surface area contributed by atoms with Gasteiger partial charge in [-0.1, -0.05) is 24.3 Å². The summed E-state index contributed by atoms with van der Waals surface area (Å²) in [7, 11) is 0. The van der Waals surface area contributed by atoms with Crippen LogP contribution in [0.15, 0.2) is 24.3 Å². The summed E-state index contributed by atoms with van der Waals surface area (Å²) in [5, 5.41) is 6.13. The molecule has 1 amide bonds. The molecule has 0 unspecified atom stereocenters. The van der Waals surface area contributed by atoms with Crippen LogP contribution in [0.25, 0.3) is 0 Å². The number of nitrogens with two attached hydrogens (primary N) is 1. The zero-order chi connectivity index (χ0) is 15.7. The Morgan fingerprint density at radius 3 is 2.38 bits per heavy atom. The molecule has 4 N–H and O–H groups in total. The summed E-state index contributed by atoms with van der Waals surface area (Å²) in [5.74, 6) is 0. The molecule has 5 heteroatoms. The number of alkyl carbamates (subject to hydrolysis) is 1. The van der Waals surface area contributed by atoms with E-state index in [1.165, 1.54) is 5.56 Å². The van der Waals surface area contributed by atoms with E-state index < -0.39 is 11.7 Å². The number of carbonyl (C=O) groups excluding carboxylic acids is 1. The molecule has 0 saturated carbocycles. The zero-order valence-electron chi connectivity index (χ0n) is 13.2. The van der Waals surface area contributed by atoms with Gasteiger partial charge < -0.3 is 21.1 Å². The molecular formula is C16H27N3O2. The van der Waals surface area contributed by atoms with Crippen molar-refractivity contribution in [2.24, 2.45) is 5.73 Å². The summed E-state index contributed by atoms with van der Waals surface area (Å²) in [5.41, 5.74) is 7.25. The van der Waals surface area contributed by atoms with Gasteiger partial charge in [0.15, 0.2) is 0 Å². The second-order valence-corrected chi connectivity index (χ2v) is 5.94. The van der Waals surface area contributed by atoms with Crippen molar-refractivity contribution in [1.82, 2.24) is 10.6 Å². The fourth-order valence-electron chi connectivity index (χ4n) is 1.83. The number of rotatable bonds is 7. The lowest BCUT2D eigenvalue weighted by atomic mass is 10.1. The van der Waals surface area contributed by atoms with Crippen molar-refractivity contribution in [3.05, 3.63) is 35.4 Å². The first-order valence-corrected chi connectivity index (χ1v) is 7.37. The number of hydrogen-bond donors (Lipinski definition) is 3. The lowest BCUT2D eigenvalue weighted by molar-refractivity contribution is 0.0523. The normalized spacial score (nSPS) is 11.2. The van der Waals surface area contributed by atoms with Crippen molar-refractivity contribution in [2.75, 3.05) is 13.1 Å². The molecule has 21 heavy (non-hydrogen) atoms. The molecule has 0 spiro atoms. The maximum atomic E-state index is 11.7. The first-order chi connectivity index (χ1) is 9.92. The highest BCUT2D eigenvalue weighted by molar-refractivity contribution is 5.67. The topological polar surface area (TPSA) is 76.4 Å². The Kier molecular flexibility index (Phi) is 7.19. The van der Waals surface area contributed by atoms with Crippen molar-refractivity contribution in [3.63, 3.8) is 0 Å². The van der Waals surface area contributed by atoms with E-state index in [9.17, 15) is 4.79 Å². The molecule has 118 valence electrons. The third-order valence-corrected chi connectivity index (χ3v) is 2.81. The predicted octanol–water partition coefficient (Wildman–Crippen LogP) is 2.15. The van der Waals surface area contributed by atoms with E-state index in [4.69, 9.17) is 10.5 Å². The fourth-order valence-corrected chi connectivity index (χ4v) is 1.83. The highest BCUT2D eigenvalue weighted by Gasteiger charge is 2.15. The van der Waals surface area contributed by atoms with Crippen molar-refractivity contribution < 1.29 is 9.53 Å². The lowest BCUT2D eigenvalue weighted by Gasteiger charge is -2.20. The predicted molar refractivity (Wildman–Crippen MR) is 84.9 cm³/mol. The third kappa shape index (κ3) is 7.68. The largest absolute Gasteiger partial charge is 0.444 e. The van der Waals surface area contributed by atoms with E-state index in [0.29, 0.717) is 13.1 Å². The van der Waals surface area contributed by atoms with Gasteiger partial charge in [-0.2, -0.15) is 0 Å². The molecule has 0 bridgehead atoms. The molecule has 0 atom stereocenters. The van der Waals surface area contributed by atoms with Gasteiger partial charge in [-0.25, -0.2) is 4.79 Å². The minimum Gasteiger partial charge on any atom is -0.444 e. The number of ether oxygens (including phenoxy) is 1. The van der Waals surface area contributed by atoms with Crippen LogP contribution in [0.4, 0.5) is 4.79 Å². The summed E-state index contributed by atoms with van der Waals surface area (Å²) >= 11 is 0. The molecule has 0 fully saturated rings. The molecule has 0 heterocycles. The van der Waals surface area contributed by atoms with E-state index in [0.717, 1.165) is 25.1 Å². The molecule has 0 aliphatic rings. The van der Waals surface area contributed by atoms with Crippen molar-refractivity contribution in [3.8, 4) is 0 Å². The van der Waals surface area contributed by atoms with Gasteiger partial charge in [0.1, 0.15) is 5.60 Å². The van der Waals surface area contributed by atoms with E-state index in [-0.39, 0.29) is 0 Å². The lowest BCUT2D eigenvalue weighted by Crippen LogP contribution is -2.32. The minimum atomic E-state index is -0.479. The summed E-state index contributed by atoms with van der Waals surface area (Å²) < 4.78 is 5.23. The molecule has 1 aromatic rings. The van der Waals surface area contributed by atoms with Crippen LogP contribution in [-0.4, -0.2) is 24.8 Å². The molecule has 0 aromatic heterocycles. The Bertz CT molecular complexity index is 441. The SMILES string of the molecule is CC(C)(C)OC(=O)NCc1ccccc1CNCCCN. The number of benzene rings is 1. The van der Waals surface area contributed by atoms with Crippen molar-refractivity contribution >= 4 is 6.09 Å². The zero-order valence-corrected chi connectivity index (χ0v) is 13.2. The van der Waals surface area contributed by atoms with Crippen LogP contribution in [0.5, 0.6) is 0 Å². The molecular weight excluding hydrogens is 266 g/mol. The van der Waals surface area contributed by atoms with Crippen LogP contribution in [0, 0.1) is 0 Å². The second-order valence-electron chi connectivity index (χ2n) is 5.94. The summed E-state index contributed by atoms with van der Waals surface area (Å²) in [6.45, 7) is 8.36. The van der Waals surface area contributed by atoms with Crippen LogP contribution in [0.3, 0.4) is 0 Å². The number of nitrogens with one attached hydrogen (secondary N) is 2. The highest BCUT2D eigenvalue weighted by atomic mass is 16.6. The molecule has 0 radical (unpaired) electrons. The molecule has 5 nitrogen and oxygen atoms in total. The second kappa shape index (κ2) is 8.64. The molecule has 1 rings (SSSR count). The molecule has 0 aliphatic carbocycles. The van der Waals surface area contributed by atoms with Gasteiger partial charge in [-0.3, -0.25) is 0 Å². The standard InChI is InChI=1S/C16H27N3O2/c1-16(2,3)21-15(20)19-12-14-8-5-4-7-13(14)11-18-10-6-9-17/h4-5,7-8,18H,6,9-12,17H2,1-3H3,(H,19,20). The summed E-state index contributed by atoms with van der Waals surface area (Å²) in [6.07, 6.45) is 0.562. The van der Waals surface area contributed by atoms with E-state index >= 15 is 0 Å².